The topological polar surface area (TPSA) is 46.4 Å². The lowest BCUT2D eigenvalue weighted by atomic mass is 10.1. The van der Waals surface area contributed by atoms with E-state index in [1.54, 1.807) is 6.07 Å². The van der Waals surface area contributed by atoms with E-state index in [1.165, 1.54) is 0 Å². The van der Waals surface area contributed by atoms with Gasteiger partial charge in [0.05, 0.1) is 4.92 Å². The second kappa shape index (κ2) is 3.24. The second-order valence-corrected chi connectivity index (χ2v) is 4.28. The molecular weight excluding hydrogens is 248 g/mol. The van der Waals surface area contributed by atoms with E-state index in [2.05, 4.69) is 15.9 Å². The molecule has 1 aliphatic rings. The van der Waals surface area contributed by atoms with Crippen LogP contribution < -0.4 is 4.90 Å². The van der Waals surface area contributed by atoms with E-state index >= 15 is 0 Å². The second-order valence-electron chi connectivity index (χ2n) is 3.36. The van der Waals surface area contributed by atoms with Gasteiger partial charge in [-0.05, 0) is 18.1 Å². The van der Waals surface area contributed by atoms with Gasteiger partial charge in [-0.15, -0.1) is 0 Å². The Morgan fingerprint density at radius 3 is 2.93 bits per heavy atom. The third-order valence-electron chi connectivity index (χ3n) is 2.43. The molecule has 1 aliphatic heterocycles. The van der Waals surface area contributed by atoms with Gasteiger partial charge in [0.1, 0.15) is 5.69 Å². The van der Waals surface area contributed by atoms with Crippen LogP contribution >= 0.6 is 15.9 Å². The van der Waals surface area contributed by atoms with Crippen LogP contribution in [0.2, 0.25) is 0 Å². The van der Waals surface area contributed by atoms with Crippen molar-refractivity contribution in [1.29, 1.82) is 0 Å². The standard InChI is InChI=1S/C9H9BrN2O2/c1-11-3-2-6-4-7(10)5-8(9(6)11)12(13)14/h4-5H,2-3H2,1H3. The van der Waals surface area contributed by atoms with Crippen molar-refractivity contribution in [2.45, 2.75) is 6.42 Å². The summed E-state index contributed by atoms with van der Waals surface area (Å²) in [4.78, 5) is 12.4. The van der Waals surface area contributed by atoms with Crippen LogP contribution in [0.3, 0.4) is 0 Å². The molecule has 0 bridgehead atoms. The summed E-state index contributed by atoms with van der Waals surface area (Å²) in [6.45, 7) is 0.854. The average Bonchev–Trinajstić information content (AvgIpc) is 2.46. The van der Waals surface area contributed by atoms with E-state index < -0.39 is 0 Å². The summed E-state index contributed by atoms with van der Waals surface area (Å²) in [6, 6.07) is 3.51. The number of fused-ring (bicyclic) bond motifs is 1. The lowest BCUT2D eigenvalue weighted by Gasteiger charge is -2.11. The number of anilines is 1. The quantitative estimate of drug-likeness (QED) is 0.573. The summed E-state index contributed by atoms with van der Waals surface area (Å²) in [5, 5.41) is 10.8. The van der Waals surface area contributed by atoms with Gasteiger partial charge in [-0.2, -0.15) is 0 Å². The zero-order valence-corrected chi connectivity index (χ0v) is 9.24. The fourth-order valence-corrected chi connectivity index (χ4v) is 2.30. The molecule has 0 aliphatic carbocycles. The normalized spacial score (nSPS) is 14.3. The van der Waals surface area contributed by atoms with Gasteiger partial charge in [0.25, 0.3) is 5.69 Å². The summed E-state index contributed by atoms with van der Waals surface area (Å²) in [5.74, 6) is 0. The minimum absolute atomic E-state index is 0.189. The van der Waals surface area contributed by atoms with E-state index in [-0.39, 0.29) is 10.6 Å². The molecule has 0 atom stereocenters. The van der Waals surface area contributed by atoms with Crippen LogP contribution in [-0.2, 0) is 6.42 Å². The Morgan fingerprint density at radius 1 is 1.57 bits per heavy atom. The highest BCUT2D eigenvalue weighted by molar-refractivity contribution is 9.10. The fourth-order valence-electron chi connectivity index (χ4n) is 1.81. The van der Waals surface area contributed by atoms with Crippen molar-refractivity contribution in [3.8, 4) is 0 Å². The van der Waals surface area contributed by atoms with Crippen LogP contribution in [0.4, 0.5) is 11.4 Å². The van der Waals surface area contributed by atoms with Crippen molar-refractivity contribution in [1.82, 2.24) is 0 Å². The molecule has 0 saturated carbocycles. The van der Waals surface area contributed by atoms with Crippen LogP contribution in [-0.4, -0.2) is 18.5 Å². The Balaban J connectivity index is 2.65. The largest absolute Gasteiger partial charge is 0.368 e. The highest BCUT2D eigenvalue weighted by atomic mass is 79.9. The molecule has 0 aromatic heterocycles. The number of benzene rings is 1. The summed E-state index contributed by atoms with van der Waals surface area (Å²) in [5.41, 5.74) is 2.00. The van der Waals surface area contributed by atoms with Gasteiger partial charge >= 0.3 is 0 Å². The number of nitro benzene ring substituents is 1. The monoisotopic (exact) mass is 256 g/mol. The first-order valence-electron chi connectivity index (χ1n) is 4.27. The molecule has 1 aromatic rings. The number of nitrogens with zero attached hydrogens (tertiary/aromatic N) is 2. The van der Waals surface area contributed by atoms with Crippen molar-refractivity contribution in [2.75, 3.05) is 18.5 Å². The SMILES string of the molecule is CN1CCc2cc(Br)cc([N+](=O)[O-])c21. The van der Waals surface area contributed by atoms with Crippen molar-refractivity contribution < 1.29 is 4.92 Å². The van der Waals surface area contributed by atoms with Crippen molar-refractivity contribution >= 4 is 27.3 Å². The van der Waals surface area contributed by atoms with Crippen LogP contribution in [0.5, 0.6) is 0 Å². The first-order valence-corrected chi connectivity index (χ1v) is 5.07. The Bertz CT molecular complexity index is 406. The Kier molecular flexibility index (Phi) is 2.19. The molecule has 14 heavy (non-hydrogen) atoms. The first-order chi connectivity index (χ1) is 6.59. The molecule has 0 radical (unpaired) electrons. The molecule has 0 fully saturated rings. The zero-order valence-electron chi connectivity index (χ0n) is 7.66. The Morgan fingerprint density at radius 2 is 2.29 bits per heavy atom. The molecule has 0 spiro atoms. The highest BCUT2D eigenvalue weighted by Gasteiger charge is 2.26. The number of rotatable bonds is 1. The number of halogens is 1. The van der Waals surface area contributed by atoms with Crippen LogP contribution in [0.25, 0.3) is 0 Å². The summed E-state index contributed by atoms with van der Waals surface area (Å²) < 4.78 is 0.776. The molecule has 0 unspecified atom stereocenters. The predicted molar refractivity (Wildman–Crippen MR) is 57.8 cm³/mol. The van der Waals surface area contributed by atoms with Gasteiger partial charge in [-0.1, -0.05) is 15.9 Å². The molecule has 1 heterocycles. The summed E-state index contributed by atoms with van der Waals surface area (Å²) in [7, 11) is 1.88. The van der Waals surface area contributed by atoms with E-state index in [0.717, 1.165) is 28.7 Å². The minimum Gasteiger partial charge on any atom is -0.368 e. The van der Waals surface area contributed by atoms with E-state index in [0.29, 0.717) is 0 Å². The van der Waals surface area contributed by atoms with E-state index in [9.17, 15) is 10.1 Å². The van der Waals surface area contributed by atoms with Crippen LogP contribution in [0.15, 0.2) is 16.6 Å². The highest BCUT2D eigenvalue weighted by Crippen LogP contribution is 2.38. The number of likely N-dealkylation sites (N-methyl/N-ethyl adjacent to an activating group) is 1. The van der Waals surface area contributed by atoms with Crippen molar-refractivity contribution in [3.05, 3.63) is 32.3 Å². The molecule has 5 heteroatoms. The fraction of sp³-hybridized carbons (Fsp3) is 0.333. The number of nitro groups is 1. The van der Waals surface area contributed by atoms with E-state index in [4.69, 9.17) is 0 Å². The molecule has 0 saturated heterocycles. The van der Waals surface area contributed by atoms with Gasteiger partial charge in [-0.3, -0.25) is 10.1 Å². The molecule has 0 N–H and O–H groups in total. The van der Waals surface area contributed by atoms with Crippen molar-refractivity contribution in [3.63, 3.8) is 0 Å². The molecule has 1 aromatic carbocycles. The van der Waals surface area contributed by atoms with Gasteiger partial charge in [0.15, 0.2) is 0 Å². The first kappa shape index (κ1) is 9.45. The maximum Gasteiger partial charge on any atom is 0.293 e. The lowest BCUT2D eigenvalue weighted by Crippen LogP contribution is -2.13. The summed E-state index contributed by atoms with van der Waals surface area (Å²) in [6.07, 6.45) is 0.881. The van der Waals surface area contributed by atoms with Crippen LogP contribution in [0.1, 0.15) is 5.56 Å². The molecule has 2 rings (SSSR count). The summed E-state index contributed by atoms with van der Waals surface area (Å²) >= 11 is 3.28. The molecule has 4 nitrogen and oxygen atoms in total. The van der Waals surface area contributed by atoms with Gasteiger partial charge < -0.3 is 4.90 Å². The minimum atomic E-state index is -0.328. The third kappa shape index (κ3) is 1.37. The molecular formula is C9H9BrN2O2. The third-order valence-corrected chi connectivity index (χ3v) is 2.89. The predicted octanol–water partition coefficient (Wildman–Crippen LogP) is 2.35. The average molecular weight is 257 g/mol. The van der Waals surface area contributed by atoms with Gasteiger partial charge in [0, 0.05) is 24.1 Å². The van der Waals surface area contributed by atoms with Gasteiger partial charge in [0.2, 0.25) is 0 Å². The molecule has 0 amide bonds. The Labute approximate surface area is 89.8 Å². The lowest BCUT2D eigenvalue weighted by molar-refractivity contribution is -0.384. The molecule has 74 valence electrons. The maximum absolute atomic E-state index is 10.8. The number of hydrogen-bond acceptors (Lipinski definition) is 3. The van der Waals surface area contributed by atoms with Crippen LogP contribution in [0, 0.1) is 10.1 Å². The zero-order chi connectivity index (χ0) is 10.3. The maximum atomic E-state index is 10.8. The van der Waals surface area contributed by atoms with Crippen molar-refractivity contribution in [2.24, 2.45) is 0 Å². The van der Waals surface area contributed by atoms with E-state index in [1.807, 2.05) is 18.0 Å². The Hall–Kier alpha value is -1.10. The number of hydrogen-bond donors (Lipinski definition) is 0. The smallest absolute Gasteiger partial charge is 0.293 e. The van der Waals surface area contributed by atoms with Gasteiger partial charge in [-0.25, -0.2) is 0 Å².